The van der Waals surface area contributed by atoms with Crippen molar-refractivity contribution in [3.05, 3.63) is 42.5 Å². The zero-order valence-corrected chi connectivity index (χ0v) is 6.64. The second-order valence-electron chi connectivity index (χ2n) is 2.16. The summed E-state index contributed by atoms with van der Waals surface area (Å²) < 4.78 is 0. The van der Waals surface area contributed by atoms with Crippen molar-refractivity contribution >= 4 is 12.6 Å². The average molecular weight is 150 g/mol. The van der Waals surface area contributed by atoms with E-state index in [0.717, 1.165) is 11.3 Å². The van der Waals surface area contributed by atoms with Crippen LogP contribution in [0.5, 0.6) is 0 Å². The van der Waals surface area contributed by atoms with Crippen LogP contribution >= 0.6 is 12.6 Å². The van der Waals surface area contributed by atoms with E-state index in [4.69, 9.17) is 0 Å². The van der Waals surface area contributed by atoms with Crippen molar-refractivity contribution in [2.24, 2.45) is 0 Å². The molecule has 0 unspecified atom stereocenters. The van der Waals surface area contributed by atoms with Crippen LogP contribution in [0, 0.1) is 0 Å². The van der Waals surface area contributed by atoms with Crippen molar-refractivity contribution in [2.75, 3.05) is 0 Å². The number of allylic oxidation sites excluding steroid dienone is 1. The van der Waals surface area contributed by atoms with Gasteiger partial charge in [-0.3, -0.25) is 0 Å². The Balaban J connectivity index is 2.78. The molecule has 0 bridgehead atoms. The highest BCUT2D eigenvalue weighted by molar-refractivity contribution is 7.80. The van der Waals surface area contributed by atoms with Crippen LogP contribution < -0.4 is 0 Å². The van der Waals surface area contributed by atoms with Crippen LogP contribution in [0.2, 0.25) is 0 Å². The van der Waals surface area contributed by atoms with Gasteiger partial charge in [0.25, 0.3) is 0 Å². The van der Waals surface area contributed by atoms with Gasteiger partial charge in [-0.25, -0.2) is 0 Å². The zero-order valence-electron chi connectivity index (χ0n) is 5.75. The average Bonchev–Trinajstić information content (AvgIpc) is 1.95. The number of hydrogen-bond donors (Lipinski definition) is 1. The highest BCUT2D eigenvalue weighted by Crippen LogP contribution is 2.07. The van der Waals surface area contributed by atoms with E-state index >= 15 is 0 Å². The van der Waals surface area contributed by atoms with Gasteiger partial charge in [0.2, 0.25) is 0 Å². The fraction of sp³-hybridized carbons (Fsp3) is 0.111. The molecule has 10 heavy (non-hydrogen) atoms. The molecule has 0 amide bonds. The molecule has 0 spiro atoms. The Morgan fingerprint density at radius 2 is 1.90 bits per heavy atom. The van der Waals surface area contributed by atoms with Gasteiger partial charge in [0.05, 0.1) is 0 Å². The van der Waals surface area contributed by atoms with E-state index in [0.29, 0.717) is 0 Å². The summed E-state index contributed by atoms with van der Waals surface area (Å²) >= 11 is 4.17. The Labute approximate surface area is 67.0 Å². The van der Waals surface area contributed by atoms with E-state index in [9.17, 15) is 0 Å². The van der Waals surface area contributed by atoms with Gasteiger partial charge in [0, 0.05) is 4.90 Å². The summed E-state index contributed by atoms with van der Waals surface area (Å²) in [4.78, 5) is 1.01. The SMILES string of the molecule is C=CCc1ccc(S)cc1. The maximum absolute atomic E-state index is 4.17. The normalized spacial score (nSPS) is 9.30. The third-order valence-corrected chi connectivity index (χ3v) is 1.61. The van der Waals surface area contributed by atoms with Crippen molar-refractivity contribution in [3.8, 4) is 0 Å². The molecule has 0 fully saturated rings. The molecule has 1 aromatic rings. The zero-order chi connectivity index (χ0) is 7.40. The molecule has 0 saturated heterocycles. The molecule has 0 aliphatic heterocycles. The van der Waals surface area contributed by atoms with Crippen molar-refractivity contribution in [1.29, 1.82) is 0 Å². The highest BCUT2D eigenvalue weighted by atomic mass is 32.1. The Kier molecular flexibility index (Phi) is 2.57. The molecule has 52 valence electrons. The number of hydrogen-bond acceptors (Lipinski definition) is 1. The summed E-state index contributed by atoms with van der Waals surface area (Å²) in [6.45, 7) is 3.66. The summed E-state index contributed by atoms with van der Waals surface area (Å²) in [5, 5.41) is 0. The summed E-state index contributed by atoms with van der Waals surface area (Å²) in [6, 6.07) is 8.10. The Hall–Kier alpha value is -0.690. The summed E-state index contributed by atoms with van der Waals surface area (Å²) in [6.07, 6.45) is 2.83. The molecule has 0 heterocycles. The number of rotatable bonds is 2. The third-order valence-electron chi connectivity index (χ3n) is 1.32. The van der Waals surface area contributed by atoms with Gasteiger partial charge >= 0.3 is 0 Å². The Morgan fingerprint density at radius 3 is 2.40 bits per heavy atom. The molecule has 0 aliphatic rings. The first kappa shape index (κ1) is 7.42. The largest absolute Gasteiger partial charge is 0.143 e. The summed E-state index contributed by atoms with van der Waals surface area (Å²) in [5.41, 5.74) is 1.28. The van der Waals surface area contributed by atoms with Crippen molar-refractivity contribution < 1.29 is 0 Å². The highest BCUT2D eigenvalue weighted by Gasteiger charge is 1.86. The lowest BCUT2D eigenvalue weighted by Crippen LogP contribution is -1.77. The minimum absolute atomic E-state index is 0.939. The van der Waals surface area contributed by atoms with Crippen LogP contribution in [-0.2, 0) is 6.42 Å². The predicted octanol–water partition coefficient (Wildman–Crippen LogP) is 2.70. The van der Waals surface area contributed by atoms with Crippen LogP contribution in [0.15, 0.2) is 41.8 Å². The minimum Gasteiger partial charge on any atom is -0.143 e. The maximum atomic E-state index is 4.17. The standard InChI is InChI=1S/C9H10S/c1-2-3-8-4-6-9(10)7-5-8/h2,4-7,10H,1,3H2. The quantitative estimate of drug-likeness (QED) is 0.486. The minimum atomic E-state index is 0.939. The van der Waals surface area contributed by atoms with E-state index in [1.165, 1.54) is 5.56 Å². The van der Waals surface area contributed by atoms with E-state index in [-0.39, 0.29) is 0 Å². The maximum Gasteiger partial charge on any atom is 0.00401 e. The van der Waals surface area contributed by atoms with E-state index in [2.05, 4.69) is 31.3 Å². The fourth-order valence-corrected chi connectivity index (χ4v) is 0.948. The third kappa shape index (κ3) is 1.92. The molecule has 1 rings (SSSR count). The molecule has 0 nitrogen and oxygen atoms in total. The van der Waals surface area contributed by atoms with Crippen LogP contribution in [-0.4, -0.2) is 0 Å². The first-order chi connectivity index (χ1) is 4.83. The number of benzene rings is 1. The Morgan fingerprint density at radius 1 is 1.30 bits per heavy atom. The lowest BCUT2D eigenvalue weighted by molar-refractivity contribution is 1.25. The van der Waals surface area contributed by atoms with Crippen LogP contribution in [0.4, 0.5) is 0 Å². The van der Waals surface area contributed by atoms with Gasteiger partial charge in [-0.15, -0.1) is 19.2 Å². The van der Waals surface area contributed by atoms with Gasteiger partial charge < -0.3 is 0 Å². The first-order valence-corrected chi connectivity index (χ1v) is 3.66. The lowest BCUT2D eigenvalue weighted by Gasteiger charge is -1.94. The molecular formula is C9H10S. The Bertz CT molecular complexity index is 211. The fourth-order valence-electron chi connectivity index (χ4n) is 0.799. The molecule has 0 atom stereocenters. The number of thiol groups is 1. The molecule has 0 aliphatic carbocycles. The van der Waals surface area contributed by atoms with Crippen LogP contribution in [0.1, 0.15) is 5.56 Å². The van der Waals surface area contributed by atoms with Crippen LogP contribution in [0.3, 0.4) is 0 Å². The van der Waals surface area contributed by atoms with Crippen molar-refractivity contribution in [1.82, 2.24) is 0 Å². The second-order valence-corrected chi connectivity index (χ2v) is 2.68. The van der Waals surface area contributed by atoms with Crippen LogP contribution in [0.25, 0.3) is 0 Å². The summed E-state index contributed by atoms with van der Waals surface area (Å²) in [5.74, 6) is 0. The van der Waals surface area contributed by atoms with Gasteiger partial charge in [-0.05, 0) is 24.1 Å². The lowest BCUT2D eigenvalue weighted by atomic mass is 10.2. The van der Waals surface area contributed by atoms with Crippen molar-refractivity contribution in [2.45, 2.75) is 11.3 Å². The van der Waals surface area contributed by atoms with Gasteiger partial charge in [0.1, 0.15) is 0 Å². The monoisotopic (exact) mass is 150 g/mol. The van der Waals surface area contributed by atoms with Gasteiger partial charge in [0.15, 0.2) is 0 Å². The topological polar surface area (TPSA) is 0 Å². The van der Waals surface area contributed by atoms with E-state index in [1.54, 1.807) is 0 Å². The van der Waals surface area contributed by atoms with Crippen molar-refractivity contribution in [3.63, 3.8) is 0 Å². The molecule has 0 N–H and O–H groups in total. The van der Waals surface area contributed by atoms with Gasteiger partial charge in [-0.1, -0.05) is 18.2 Å². The van der Waals surface area contributed by atoms with E-state index in [1.807, 2.05) is 18.2 Å². The summed E-state index contributed by atoms with van der Waals surface area (Å²) in [7, 11) is 0. The van der Waals surface area contributed by atoms with Gasteiger partial charge in [-0.2, -0.15) is 0 Å². The first-order valence-electron chi connectivity index (χ1n) is 3.22. The molecule has 1 aromatic carbocycles. The molecule has 0 aromatic heterocycles. The second kappa shape index (κ2) is 3.47. The predicted molar refractivity (Wildman–Crippen MR) is 47.6 cm³/mol. The molecule has 0 saturated carbocycles. The molecular weight excluding hydrogens is 140 g/mol. The molecule has 1 heteroatoms. The smallest absolute Gasteiger partial charge is 0.00401 e. The molecule has 0 radical (unpaired) electrons. The van der Waals surface area contributed by atoms with E-state index < -0.39 is 0 Å².